The van der Waals surface area contributed by atoms with E-state index in [-0.39, 0.29) is 12.3 Å². The molecule has 0 amide bonds. The Morgan fingerprint density at radius 3 is 1.78 bits per heavy atom. The summed E-state index contributed by atoms with van der Waals surface area (Å²) in [4.78, 5) is 4.96. The predicted octanol–water partition coefficient (Wildman–Crippen LogP) is 0.441. The van der Waals surface area contributed by atoms with E-state index in [1.807, 2.05) is 0 Å². The second-order valence-electron chi connectivity index (χ2n) is 5.70. The Bertz CT molecular complexity index is 390. The first-order valence-corrected chi connectivity index (χ1v) is 6.93. The first-order valence-electron chi connectivity index (χ1n) is 6.93. The molecule has 0 aromatic carbocycles. The topological polar surface area (TPSA) is 55.3 Å². The molecule has 0 radical (unpaired) electrons. The number of hydrogen-bond donors (Lipinski definition) is 2. The molecule has 4 atom stereocenters. The van der Waals surface area contributed by atoms with Crippen LogP contribution in [0.1, 0.15) is 39.5 Å². The van der Waals surface area contributed by atoms with E-state index in [0.717, 1.165) is 11.7 Å². The lowest BCUT2D eigenvalue weighted by atomic mass is 9.85. The average molecular weight is 248 g/mol. The summed E-state index contributed by atoms with van der Waals surface area (Å²) in [5.41, 5.74) is 6.54. The van der Waals surface area contributed by atoms with Gasteiger partial charge in [0.1, 0.15) is 11.7 Å². The Balaban J connectivity index is 1.74. The van der Waals surface area contributed by atoms with E-state index in [9.17, 15) is 0 Å². The third-order valence-corrected chi connectivity index (χ3v) is 4.77. The second-order valence-corrected chi connectivity index (χ2v) is 5.70. The Morgan fingerprint density at radius 1 is 0.889 bits per heavy atom. The van der Waals surface area contributed by atoms with Crippen LogP contribution in [0.4, 0.5) is 0 Å². The minimum absolute atomic E-state index is 0.227. The van der Waals surface area contributed by atoms with Crippen molar-refractivity contribution in [2.75, 3.05) is 0 Å². The van der Waals surface area contributed by atoms with Crippen LogP contribution in [0.25, 0.3) is 0 Å². The van der Waals surface area contributed by atoms with Crippen molar-refractivity contribution in [3.8, 4) is 0 Å². The van der Waals surface area contributed by atoms with E-state index in [0.29, 0.717) is 12.1 Å². The lowest BCUT2D eigenvalue weighted by molar-refractivity contribution is -0.00995. The Morgan fingerprint density at radius 2 is 1.33 bits per heavy atom. The van der Waals surface area contributed by atoms with Gasteiger partial charge in [0.2, 0.25) is 0 Å². The van der Waals surface area contributed by atoms with Gasteiger partial charge in [-0.1, -0.05) is 12.8 Å². The maximum Gasteiger partial charge on any atom is 0.157 e. The van der Waals surface area contributed by atoms with E-state index in [1.54, 1.807) is 0 Å². The third kappa shape index (κ3) is 1.18. The Kier molecular flexibility index (Phi) is 2.05. The summed E-state index contributed by atoms with van der Waals surface area (Å²) < 4.78 is 0. The lowest BCUT2D eigenvalue weighted by Gasteiger charge is -2.53. The molecule has 0 aromatic heterocycles. The van der Waals surface area contributed by atoms with Crippen molar-refractivity contribution >= 4 is 11.7 Å². The quantitative estimate of drug-likeness (QED) is 0.653. The molecule has 3 aliphatic heterocycles. The van der Waals surface area contributed by atoms with Crippen LogP contribution in [0.2, 0.25) is 0 Å². The molecular weight excluding hydrogens is 228 g/mol. The molecular formula is C12H20N6. The van der Waals surface area contributed by atoms with Crippen LogP contribution in [-0.2, 0) is 0 Å². The number of hydrazone groups is 2. The predicted molar refractivity (Wildman–Crippen MR) is 69.8 cm³/mol. The molecule has 2 N–H and O–H groups in total. The summed E-state index contributed by atoms with van der Waals surface area (Å²) in [6.45, 7) is 4.22. The van der Waals surface area contributed by atoms with Crippen molar-refractivity contribution in [3.05, 3.63) is 0 Å². The van der Waals surface area contributed by atoms with E-state index in [2.05, 4.69) is 44.7 Å². The van der Waals surface area contributed by atoms with Gasteiger partial charge in [-0.25, -0.2) is 0 Å². The first kappa shape index (κ1) is 10.5. The summed E-state index contributed by atoms with van der Waals surface area (Å²) in [7, 11) is 0. The number of amidine groups is 2. The maximum absolute atomic E-state index is 4.43. The second kappa shape index (κ2) is 3.52. The maximum atomic E-state index is 4.43. The highest BCUT2D eigenvalue weighted by molar-refractivity contribution is 5.85. The van der Waals surface area contributed by atoms with Gasteiger partial charge in [-0.15, -0.1) is 0 Å². The lowest BCUT2D eigenvalue weighted by Crippen LogP contribution is -2.72. The van der Waals surface area contributed by atoms with Crippen LogP contribution in [0.3, 0.4) is 0 Å². The van der Waals surface area contributed by atoms with Crippen LogP contribution in [-0.4, -0.2) is 45.9 Å². The highest BCUT2D eigenvalue weighted by Gasteiger charge is 2.52. The summed E-state index contributed by atoms with van der Waals surface area (Å²) in [6, 6.07) is 1.17. The zero-order chi connectivity index (χ0) is 12.3. The Hall–Kier alpha value is -1.46. The number of piperazine rings is 1. The van der Waals surface area contributed by atoms with Crippen molar-refractivity contribution in [1.82, 2.24) is 20.7 Å². The molecule has 4 rings (SSSR count). The fourth-order valence-corrected chi connectivity index (χ4v) is 4.04. The van der Waals surface area contributed by atoms with Crippen molar-refractivity contribution in [2.45, 2.75) is 63.9 Å². The minimum atomic E-state index is 0.227. The molecule has 0 aromatic rings. The van der Waals surface area contributed by atoms with Crippen molar-refractivity contribution in [1.29, 1.82) is 0 Å². The normalized spacial score (nSPS) is 41.2. The van der Waals surface area contributed by atoms with Crippen molar-refractivity contribution in [3.63, 3.8) is 0 Å². The highest BCUT2D eigenvalue weighted by Crippen LogP contribution is 2.37. The van der Waals surface area contributed by atoms with E-state index < -0.39 is 0 Å². The smallest absolute Gasteiger partial charge is 0.157 e. The molecule has 0 spiro atoms. The molecule has 6 heteroatoms. The molecule has 3 heterocycles. The van der Waals surface area contributed by atoms with Gasteiger partial charge in [-0.05, 0) is 26.7 Å². The summed E-state index contributed by atoms with van der Waals surface area (Å²) in [5, 5.41) is 8.86. The van der Waals surface area contributed by atoms with Gasteiger partial charge >= 0.3 is 0 Å². The Labute approximate surface area is 107 Å². The molecule has 2 fully saturated rings. The number of nitrogens with zero attached hydrogens (tertiary/aromatic N) is 4. The largest absolute Gasteiger partial charge is 0.329 e. The summed E-state index contributed by atoms with van der Waals surface area (Å²) in [5.74, 6) is 2.26. The monoisotopic (exact) mass is 248 g/mol. The summed E-state index contributed by atoms with van der Waals surface area (Å²) >= 11 is 0. The van der Waals surface area contributed by atoms with Crippen molar-refractivity contribution < 1.29 is 0 Å². The van der Waals surface area contributed by atoms with Crippen LogP contribution >= 0.6 is 0 Å². The molecule has 1 saturated heterocycles. The molecule has 98 valence electrons. The zero-order valence-electron chi connectivity index (χ0n) is 10.9. The number of hydrogen-bond acceptors (Lipinski definition) is 6. The van der Waals surface area contributed by atoms with Crippen LogP contribution < -0.4 is 10.9 Å². The number of nitrogens with one attached hydrogen (secondary N) is 2. The van der Waals surface area contributed by atoms with Gasteiger partial charge in [-0.3, -0.25) is 10.9 Å². The first-order chi connectivity index (χ1) is 8.77. The zero-order valence-corrected chi connectivity index (χ0v) is 10.9. The van der Waals surface area contributed by atoms with Crippen LogP contribution in [0, 0.1) is 0 Å². The van der Waals surface area contributed by atoms with Gasteiger partial charge in [0.25, 0.3) is 0 Å². The molecule has 6 nitrogen and oxygen atoms in total. The fourth-order valence-electron chi connectivity index (χ4n) is 4.04. The van der Waals surface area contributed by atoms with Gasteiger partial charge < -0.3 is 9.80 Å². The fraction of sp³-hybridized carbons (Fsp3) is 0.833. The van der Waals surface area contributed by atoms with E-state index in [1.165, 1.54) is 25.7 Å². The number of rotatable bonds is 0. The molecule has 18 heavy (non-hydrogen) atoms. The van der Waals surface area contributed by atoms with Gasteiger partial charge in [0.15, 0.2) is 12.3 Å². The van der Waals surface area contributed by atoms with Gasteiger partial charge in [-0.2, -0.15) is 10.2 Å². The molecule has 0 bridgehead atoms. The summed E-state index contributed by atoms with van der Waals surface area (Å²) in [6.07, 6.45) is 5.66. The third-order valence-electron chi connectivity index (χ3n) is 4.77. The van der Waals surface area contributed by atoms with Gasteiger partial charge in [0, 0.05) is 0 Å². The van der Waals surface area contributed by atoms with Crippen LogP contribution in [0.15, 0.2) is 10.2 Å². The molecule has 4 unspecified atom stereocenters. The highest BCUT2D eigenvalue weighted by atomic mass is 15.6. The van der Waals surface area contributed by atoms with Gasteiger partial charge in [0.05, 0.1) is 12.1 Å². The molecule has 1 aliphatic carbocycles. The SMILES string of the molecule is CC1=NNC2C3NN=C(C)N3C3CCCCC3N12. The average Bonchev–Trinajstić information content (AvgIpc) is 2.94. The molecule has 4 aliphatic rings. The van der Waals surface area contributed by atoms with E-state index >= 15 is 0 Å². The van der Waals surface area contributed by atoms with Crippen molar-refractivity contribution in [2.24, 2.45) is 10.2 Å². The minimum Gasteiger partial charge on any atom is -0.329 e. The van der Waals surface area contributed by atoms with E-state index in [4.69, 9.17) is 0 Å². The number of fused-ring (bicyclic) bond motifs is 6. The molecule has 1 saturated carbocycles. The standard InChI is InChI=1S/C12H20N6/c1-7-13-15-11-12-16-14-8(2)18(12)10-6-4-3-5-9(10)17(7)11/h9-12,15-16H,3-6H2,1-2H3. The van der Waals surface area contributed by atoms with Crippen LogP contribution in [0.5, 0.6) is 0 Å².